The summed E-state index contributed by atoms with van der Waals surface area (Å²) < 4.78 is 13.4. The zero-order valence-electron chi connectivity index (χ0n) is 14.1. The standard InChI is InChI=1S/C19H22N2O2S/c1-3-12-21-16-9-5-4-8-15(16)20-19(21)24-14-13-23-18-11-7-6-10-17(18)22-2/h4-11H,3,12-14H2,1-2H3. The number of benzene rings is 2. The van der Waals surface area contributed by atoms with E-state index in [1.54, 1.807) is 18.9 Å². The number of hydrogen-bond acceptors (Lipinski definition) is 4. The lowest BCUT2D eigenvalue weighted by atomic mass is 10.3. The number of nitrogens with zero attached hydrogens (tertiary/aromatic N) is 2. The Kier molecular flexibility index (Phi) is 5.64. The topological polar surface area (TPSA) is 36.3 Å². The normalized spacial score (nSPS) is 10.9. The van der Waals surface area contributed by atoms with Gasteiger partial charge in [0, 0.05) is 12.3 Å². The monoisotopic (exact) mass is 342 g/mol. The molecule has 4 nitrogen and oxygen atoms in total. The van der Waals surface area contributed by atoms with E-state index in [1.807, 2.05) is 30.3 Å². The largest absolute Gasteiger partial charge is 0.493 e. The van der Waals surface area contributed by atoms with E-state index in [4.69, 9.17) is 14.5 Å². The number of fused-ring (bicyclic) bond motifs is 1. The first-order chi connectivity index (χ1) is 11.8. The van der Waals surface area contributed by atoms with Gasteiger partial charge in [-0.2, -0.15) is 0 Å². The van der Waals surface area contributed by atoms with Gasteiger partial charge in [0.05, 0.1) is 24.8 Å². The van der Waals surface area contributed by atoms with Crippen molar-refractivity contribution in [1.82, 2.24) is 9.55 Å². The van der Waals surface area contributed by atoms with Crippen molar-refractivity contribution in [3.8, 4) is 11.5 Å². The number of rotatable bonds is 8. The van der Waals surface area contributed by atoms with Crippen LogP contribution in [0.2, 0.25) is 0 Å². The third kappa shape index (κ3) is 3.67. The number of aromatic nitrogens is 2. The summed E-state index contributed by atoms with van der Waals surface area (Å²) in [7, 11) is 1.66. The highest BCUT2D eigenvalue weighted by Crippen LogP contribution is 2.27. The van der Waals surface area contributed by atoms with E-state index in [0.29, 0.717) is 6.61 Å². The van der Waals surface area contributed by atoms with Crippen LogP contribution in [0.15, 0.2) is 53.7 Å². The van der Waals surface area contributed by atoms with Gasteiger partial charge in [0.1, 0.15) is 0 Å². The summed E-state index contributed by atoms with van der Waals surface area (Å²) in [5, 5.41) is 1.06. The Hall–Kier alpha value is -2.14. The van der Waals surface area contributed by atoms with Gasteiger partial charge in [0.15, 0.2) is 16.7 Å². The van der Waals surface area contributed by atoms with Crippen molar-refractivity contribution in [2.75, 3.05) is 19.5 Å². The number of hydrogen-bond donors (Lipinski definition) is 0. The maximum atomic E-state index is 5.84. The molecule has 0 bridgehead atoms. The van der Waals surface area contributed by atoms with Crippen LogP contribution in [0.25, 0.3) is 11.0 Å². The Morgan fingerprint density at radius 1 is 1.04 bits per heavy atom. The SMILES string of the molecule is CCCn1c(SCCOc2ccccc2OC)nc2ccccc21. The first-order valence-corrected chi connectivity index (χ1v) is 9.16. The fourth-order valence-electron chi connectivity index (χ4n) is 2.63. The quantitative estimate of drug-likeness (QED) is 0.442. The predicted octanol–water partition coefficient (Wildman–Crippen LogP) is 4.63. The van der Waals surface area contributed by atoms with E-state index < -0.39 is 0 Å². The molecule has 1 aromatic heterocycles. The zero-order chi connectivity index (χ0) is 16.8. The Labute approximate surface area is 146 Å². The van der Waals surface area contributed by atoms with Gasteiger partial charge in [0.2, 0.25) is 0 Å². The van der Waals surface area contributed by atoms with Crippen LogP contribution in [-0.2, 0) is 6.54 Å². The molecular weight excluding hydrogens is 320 g/mol. The molecule has 0 saturated carbocycles. The molecule has 24 heavy (non-hydrogen) atoms. The minimum absolute atomic E-state index is 0.611. The lowest BCUT2D eigenvalue weighted by molar-refractivity contribution is 0.313. The summed E-state index contributed by atoms with van der Waals surface area (Å²) in [4.78, 5) is 4.76. The molecule has 0 N–H and O–H groups in total. The fourth-order valence-corrected chi connectivity index (χ4v) is 3.48. The molecule has 0 aliphatic carbocycles. The number of aryl methyl sites for hydroxylation is 1. The second kappa shape index (κ2) is 8.11. The molecular formula is C19H22N2O2S. The summed E-state index contributed by atoms with van der Waals surface area (Å²) >= 11 is 1.73. The summed E-state index contributed by atoms with van der Waals surface area (Å²) in [5.41, 5.74) is 2.26. The molecule has 0 radical (unpaired) electrons. The van der Waals surface area contributed by atoms with Crippen LogP contribution in [0.1, 0.15) is 13.3 Å². The van der Waals surface area contributed by atoms with E-state index >= 15 is 0 Å². The van der Waals surface area contributed by atoms with E-state index in [9.17, 15) is 0 Å². The van der Waals surface area contributed by atoms with Gasteiger partial charge < -0.3 is 14.0 Å². The third-order valence-corrected chi connectivity index (χ3v) is 4.65. The van der Waals surface area contributed by atoms with Gasteiger partial charge in [0.25, 0.3) is 0 Å². The number of thioether (sulfide) groups is 1. The summed E-state index contributed by atoms with van der Waals surface area (Å²) in [6.45, 7) is 3.78. The average molecular weight is 342 g/mol. The van der Waals surface area contributed by atoms with Gasteiger partial charge in [-0.15, -0.1) is 0 Å². The summed E-state index contributed by atoms with van der Waals surface area (Å²) in [6.07, 6.45) is 1.09. The summed E-state index contributed by atoms with van der Waals surface area (Å²) in [6, 6.07) is 16.0. The van der Waals surface area contributed by atoms with Crippen molar-refractivity contribution in [3.05, 3.63) is 48.5 Å². The minimum Gasteiger partial charge on any atom is -0.493 e. The Bertz CT molecular complexity index is 801. The Morgan fingerprint density at radius 3 is 2.58 bits per heavy atom. The molecule has 0 amide bonds. The maximum absolute atomic E-state index is 5.84. The van der Waals surface area contributed by atoms with Crippen molar-refractivity contribution in [2.45, 2.75) is 25.0 Å². The highest BCUT2D eigenvalue weighted by molar-refractivity contribution is 7.99. The van der Waals surface area contributed by atoms with Crippen molar-refractivity contribution in [3.63, 3.8) is 0 Å². The number of ether oxygens (including phenoxy) is 2. The van der Waals surface area contributed by atoms with E-state index in [2.05, 4.69) is 29.7 Å². The molecule has 2 aromatic carbocycles. The number of para-hydroxylation sites is 4. The van der Waals surface area contributed by atoms with Crippen LogP contribution in [0.5, 0.6) is 11.5 Å². The second-order valence-electron chi connectivity index (χ2n) is 5.38. The van der Waals surface area contributed by atoms with Crippen molar-refractivity contribution >= 4 is 22.8 Å². The highest BCUT2D eigenvalue weighted by atomic mass is 32.2. The predicted molar refractivity (Wildman–Crippen MR) is 99.2 cm³/mol. The maximum Gasteiger partial charge on any atom is 0.169 e. The fraction of sp³-hybridized carbons (Fsp3) is 0.316. The van der Waals surface area contributed by atoms with Crippen LogP contribution in [0, 0.1) is 0 Å². The zero-order valence-corrected chi connectivity index (χ0v) is 14.9. The molecule has 1 heterocycles. The van der Waals surface area contributed by atoms with E-state index in [-0.39, 0.29) is 0 Å². The average Bonchev–Trinajstić information content (AvgIpc) is 2.97. The first-order valence-electron chi connectivity index (χ1n) is 8.17. The lowest BCUT2D eigenvalue weighted by Crippen LogP contribution is -2.04. The van der Waals surface area contributed by atoms with Crippen LogP contribution < -0.4 is 9.47 Å². The number of methoxy groups -OCH3 is 1. The van der Waals surface area contributed by atoms with Crippen LogP contribution >= 0.6 is 11.8 Å². The highest BCUT2D eigenvalue weighted by Gasteiger charge is 2.10. The third-order valence-electron chi connectivity index (χ3n) is 3.71. The molecule has 0 aliphatic rings. The summed E-state index contributed by atoms with van der Waals surface area (Å²) in [5.74, 6) is 2.38. The van der Waals surface area contributed by atoms with Crippen molar-refractivity contribution < 1.29 is 9.47 Å². The van der Waals surface area contributed by atoms with Crippen LogP contribution in [0.4, 0.5) is 0 Å². The van der Waals surface area contributed by atoms with Gasteiger partial charge in [-0.25, -0.2) is 4.98 Å². The molecule has 0 spiro atoms. The molecule has 3 rings (SSSR count). The number of imidazole rings is 1. The van der Waals surface area contributed by atoms with Gasteiger partial charge >= 0.3 is 0 Å². The van der Waals surface area contributed by atoms with E-state index in [1.165, 1.54) is 5.52 Å². The van der Waals surface area contributed by atoms with Gasteiger partial charge in [-0.3, -0.25) is 0 Å². The Morgan fingerprint density at radius 2 is 1.79 bits per heavy atom. The Balaban J connectivity index is 1.64. The van der Waals surface area contributed by atoms with Crippen molar-refractivity contribution in [1.29, 1.82) is 0 Å². The van der Waals surface area contributed by atoms with Crippen LogP contribution in [0.3, 0.4) is 0 Å². The van der Waals surface area contributed by atoms with E-state index in [0.717, 1.165) is 40.9 Å². The smallest absolute Gasteiger partial charge is 0.169 e. The molecule has 5 heteroatoms. The molecule has 0 saturated heterocycles. The molecule has 3 aromatic rings. The molecule has 126 valence electrons. The lowest BCUT2D eigenvalue weighted by Gasteiger charge is -2.10. The van der Waals surface area contributed by atoms with Crippen LogP contribution in [-0.4, -0.2) is 29.0 Å². The molecule has 0 aliphatic heterocycles. The second-order valence-corrected chi connectivity index (χ2v) is 6.44. The first kappa shape index (κ1) is 16.7. The molecule has 0 fully saturated rings. The van der Waals surface area contributed by atoms with Crippen molar-refractivity contribution in [2.24, 2.45) is 0 Å². The molecule has 0 unspecified atom stereocenters. The van der Waals surface area contributed by atoms with Gasteiger partial charge in [-0.1, -0.05) is 43.0 Å². The molecule has 0 atom stereocenters. The van der Waals surface area contributed by atoms with Gasteiger partial charge in [-0.05, 0) is 30.7 Å². The minimum atomic E-state index is 0.611.